The fourth-order valence-electron chi connectivity index (χ4n) is 3.72. The minimum atomic E-state index is -0.237. The fourth-order valence-corrected chi connectivity index (χ4v) is 3.72. The average molecular weight is 423 g/mol. The molecule has 0 bridgehead atoms. The van der Waals surface area contributed by atoms with Crippen molar-refractivity contribution in [3.63, 3.8) is 0 Å². The van der Waals surface area contributed by atoms with E-state index in [0.717, 1.165) is 29.1 Å². The lowest BCUT2D eigenvalue weighted by Gasteiger charge is -2.33. The van der Waals surface area contributed by atoms with Gasteiger partial charge in [0.05, 0.1) is 19.4 Å². The molecule has 2 aromatic carbocycles. The first-order valence-electron chi connectivity index (χ1n) is 10.3. The number of halogens is 1. The van der Waals surface area contributed by atoms with E-state index >= 15 is 0 Å². The van der Waals surface area contributed by atoms with E-state index in [4.69, 9.17) is 14.5 Å². The number of morpholine rings is 1. The van der Waals surface area contributed by atoms with Crippen LogP contribution in [0.2, 0.25) is 0 Å². The zero-order valence-electron chi connectivity index (χ0n) is 18.1. The maximum atomic E-state index is 14.2. The minimum Gasteiger partial charge on any atom is -0.497 e. The Morgan fingerprint density at radius 3 is 2.65 bits per heavy atom. The van der Waals surface area contributed by atoms with Crippen LogP contribution in [0.3, 0.4) is 0 Å². The highest BCUT2D eigenvalue weighted by molar-refractivity contribution is 5.67. The van der Waals surface area contributed by atoms with E-state index in [1.165, 1.54) is 6.07 Å². The number of ether oxygens (including phenoxy) is 2. The Morgan fingerprint density at radius 2 is 1.94 bits per heavy atom. The highest BCUT2D eigenvalue weighted by Crippen LogP contribution is 2.32. The molecule has 162 valence electrons. The lowest BCUT2D eigenvalue weighted by Crippen LogP contribution is -2.38. The zero-order valence-corrected chi connectivity index (χ0v) is 18.1. The van der Waals surface area contributed by atoms with Gasteiger partial charge in [0.25, 0.3) is 0 Å². The molecule has 0 amide bonds. The van der Waals surface area contributed by atoms with Crippen LogP contribution in [-0.2, 0) is 11.3 Å². The molecule has 0 aliphatic carbocycles. The SMILES string of the molecule is COc1ccc(-c2cnc(N(C)C)nc2C2CN(Cc3ccccc3F)CCO2)cc1. The fraction of sp³-hybridized carbons (Fsp3) is 0.333. The van der Waals surface area contributed by atoms with E-state index in [-0.39, 0.29) is 11.9 Å². The van der Waals surface area contributed by atoms with Crippen LogP contribution in [0.1, 0.15) is 17.4 Å². The van der Waals surface area contributed by atoms with Gasteiger partial charge in [-0.3, -0.25) is 4.90 Å². The van der Waals surface area contributed by atoms with E-state index in [0.29, 0.717) is 31.2 Å². The first kappa shape index (κ1) is 21.2. The van der Waals surface area contributed by atoms with Gasteiger partial charge in [0, 0.05) is 51.1 Å². The Hall–Kier alpha value is -3.03. The first-order valence-corrected chi connectivity index (χ1v) is 10.3. The predicted molar refractivity (Wildman–Crippen MR) is 119 cm³/mol. The molecule has 0 spiro atoms. The molecule has 1 aromatic heterocycles. The molecule has 3 aromatic rings. The Bertz CT molecular complexity index is 1030. The van der Waals surface area contributed by atoms with Gasteiger partial charge in [-0.1, -0.05) is 30.3 Å². The minimum absolute atomic E-state index is 0.179. The Balaban J connectivity index is 1.64. The van der Waals surface area contributed by atoms with Crippen LogP contribution in [0.4, 0.5) is 10.3 Å². The van der Waals surface area contributed by atoms with Crippen LogP contribution in [-0.4, -0.2) is 55.8 Å². The second kappa shape index (κ2) is 9.41. The second-order valence-electron chi connectivity index (χ2n) is 7.78. The summed E-state index contributed by atoms with van der Waals surface area (Å²) in [5.74, 6) is 1.24. The number of nitrogens with zero attached hydrogens (tertiary/aromatic N) is 4. The van der Waals surface area contributed by atoms with Crippen molar-refractivity contribution in [1.82, 2.24) is 14.9 Å². The molecule has 1 aliphatic heterocycles. The summed E-state index contributed by atoms with van der Waals surface area (Å²) in [6.45, 7) is 2.47. The molecule has 1 atom stereocenters. The number of anilines is 1. The largest absolute Gasteiger partial charge is 0.497 e. The van der Waals surface area contributed by atoms with Crippen molar-refractivity contribution in [2.45, 2.75) is 12.6 Å². The molecule has 1 aliphatic rings. The van der Waals surface area contributed by atoms with Gasteiger partial charge in [0.2, 0.25) is 5.95 Å². The van der Waals surface area contributed by atoms with Gasteiger partial charge in [-0.15, -0.1) is 0 Å². The third kappa shape index (κ3) is 4.84. The summed E-state index contributed by atoms with van der Waals surface area (Å²) in [7, 11) is 5.48. The van der Waals surface area contributed by atoms with Crippen LogP contribution in [0.5, 0.6) is 5.75 Å². The van der Waals surface area contributed by atoms with Crippen LogP contribution in [0.25, 0.3) is 11.1 Å². The summed E-state index contributed by atoms with van der Waals surface area (Å²) >= 11 is 0. The predicted octanol–water partition coefficient (Wildman–Crippen LogP) is 3.93. The topological polar surface area (TPSA) is 50.7 Å². The number of rotatable bonds is 6. The quantitative estimate of drug-likeness (QED) is 0.600. The monoisotopic (exact) mass is 422 g/mol. The van der Waals surface area contributed by atoms with Gasteiger partial charge < -0.3 is 14.4 Å². The van der Waals surface area contributed by atoms with Crippen molar-refractivity contribution in [1.29, 1.82) is 0 Å². The highest BCUT2D eigenvalue weighted by Gasteiger charge is 2.27. The van der Waals surface area contributed by atoms with Crippen LogP contribution in [0, 0.1) is 5.82 Å². The van der Waals surface area contributed by atoms with E-state index in [9.17, 15) is 4.39 Å². The molecule has 6 nitrogen and oxygen atoms in total. The summed E-state index contributed by atoms with van der Waals surface area (Å²) in [5.41, 5.74) is 3.44. The van der Waals surface area contributed by atoms with Gasteiger partial charge in [-0.05, 0) is 23.8 Å². The molecule has 1 fully saturated rings. The van der Waals surface area contributed by atoms with Crippen molar-refractivity contribution < 1.29 is 13.9 Å². The summed E-state index contributed by atoms with van der Waals surface area (Å²) in [6, 6.07) is 14.8. The van der Waals surface area contributed by atoms with Crippen LogP contribution in [0.15, 0.2) is 54.7 Å². The standard InChI is InChI=1S/C24H27FN4O2/c1-28(2)24-26-14-20(17-8-10-19(30-3)11-9-17)23(27-24)22-16-29(12-13-31-22)15-18-6-4-5-7-21(18)25/h4-11,14,22H,12-13,15-16H2,1-3H3. The molecule has 0 radical (unpaired) electrons. The molecule has 7 heteroatoms. The Morgan fingerprint density at radius 1 is 1.16 bits per heavy atom. The molecule has 0 saturated carbocycles. The highest BCUT2D eigenvalue weighted by atomic mass is 19.1. The van der Waals surface area contributed by atoms with Crippen molar-refractivity contribution in [3.8, 4) is 16.9 Å². The Kier molecular flexibility index (Phi) is 6.44. The van der Waals surface area contributed by atoms with Gasteiger partial charge in [0.15, 0.2) is 0 Å². The molecule has 2 heterocycles. The molecule has 31 heavy (non-hydrogen) atoms. The lowest BCUT2D eigenvalue weighted by molar-refractivity contribution is -0.0349. The number of aromatic nitrogens is 2. The molecular formula is C24H27FN4O2. The van der Waals surface area contributed by atoms with E-state index in [1.54, 1.807) is 13.2 Å². The summed E-state index contributed by atoms with van der Waals surface area (Å²) in [6.07, 6.45) is 1.61. The van der Waals surface area contributed by atoms with E-state index in [2.05, 4.69) is 9.88 Å². The number of methoxy groups -OCH3 is 1. The molecule has 4 rings (SSSR count). The molecule has 1 saturated heterocycles. The van der Waals surface area contributed by atoms with Crippen molar-refractivity contribution in [3.05, 3.63) is 71.8 Å². The van der Waals surface area contributed by atoms with Gasteiger partial charge in [-0.2, -0.15) is 0 Å². The number of hydrogen-bond donors (Lipinski definition) is 0. The van der Waals surface area contributed by atoms with Crippen LogP contribution < -0.4 is 9.64 Å². The molecular weight excluding hydrogens is 395 g/mol. The summed E-state index contributed by atoms with van der Waals surface area (Å²) in [4.78, 5) is 13.4. The smallest absolute Gasteiger partial charge is 0.225 e. The van der Waals surface area contributed by atoms with E-state index in [1.807, 2.05) is 61.6 Å². The van der Waals surface area contributed by atoms with Crippen LogP contribution >= 0.6 is 0 Å². The van der Waals surface area contributed by atoms with Crippen molar-refractivity contribution in [2.24, 2.45) is 0 Å². The normalized spacial score (nSPS) is 16.8. The molecule has 1 unspecified atom stereocenters. The lowest BCUT2D eigenvalue weighted by atomic mass is 10.0. The van der Waals surface area contributed by atoms with Gasteiger partial charge in [0.1, 0.15) is 17.7 Å². The maximum absolute atomic E-state index is 14.2. The Labute approximate surface area is 182 Å². The molecule has 0 N–H and O–H groups in total. The average Bonchev–Trinajstić information content (AvgIpc) is 2.80. The van der Waals surface area contributed by atoms with Gasteiger partial charge >= 0.3 is 0 Å². The summed E-state index contributed by atoms with van der Waals surface area (Å²) < 4.78 is 25.6. The number of benzene rings is 2. The van der Waals surface area contributed by atoms with Crippen molar-refractivity contribution in [2.75, 3.05) is 45.8 Å². The zero-order chi connectivity index (χ0) is 21.8. The maximum Gasteiger partial charge on any atom is 0.225 e. The van der Waals surface area contributed by atoms with Gasteiger partial charge in [-0.25, -0.2) is 14.4 Å². The summed E-state index contributed by atoms with van der Waals surface area (Å²) in [5, 5.41) is 0. The van der Waals surface area contributed by atoms with E-state index < -0.39 is 0 Å². The number of hydrogen-bond acceptors (Lipinski definition) is 6. The third-order valence-electron chi connectivity index (χ3n) is 5.41. The first-order chi connectivity index (χ1) is 15.0. The van der Waals surface area contributed by atoms with Crippen molar-refractivity contribution >= 4 is 5.95 Å². The third-order valence-corrected chi connectivity index (χ3v) is 5.41. The second-order valence-corrected chi connectivity index (χ2v) is 7.78.